The van der Waals surface area contributed by atoms with E-state index in [1.165, 1.54) is 6.42 Å². The fourth-order valence-corrected chi connectivity index (χ4v) is 3.80. The van der Waals surface area contributed by atoms with Gasteiger partial charge < -0.3 is 10.6 Å². The lowest BCUT2D eigenvalue weighted by molar-refractivity contribution is 0.271. The predicted octanol–water partition coefficient (Wildman–Crippen LogP) is 2.78. The molecule has 1 heterocycles. The summed E-state index contributed by atoms with van der Waals surface area (Å²) in [5.41, 5.74) is 7.74. The Morgan fingerprint density at radius 2 is 2.05 bits per heavy atom. The summed E-state index contributed by atoms with van der Waals surface area (Å²) in [4.78, 5) is 2.36. The molecule has 3 rings (SSSR count). The molecule has 0 bridgehead atoms. The van der Waals surface area contributed by atoms with E-state index in [0.717, 1.165) is 37.5 Å². The van der Waals surface area contributed by atoms with Gasteiger partial charge in [0, 0.05) is 19.1 Å². The zero-order valence-corrected chi connectivity index (χ0v) is 11.6. The van der Waals surface area contributed by atoms with Gasteiger partial charge in [-0.3, -0.25) is 0 Å². The molecule has 1 aliphatic carbocycles. The summed E-state index contributed by atoms with van der Waals surface area (Å²) in [7, 11) is 0. The van der Waals surface area contributed by atoms with Crippen LogP contribution in [0.15, 0.2) is 18.2 Å². The number of nitriles is 1. The number of hydrogen-bond acceptors (Lipinski definition) is 3. The molecular weight excluding hydrogens is 258 g/mol. The van der Waals surface area contributed by atoms with Crippen LogP contribution in [0, 0.1) is 23.2 Å². The lowest BCUT2D eigenvalue weighted by Gasteiger charge is -2.27. The molecule has 0 spiro atoms. The second-order valence-corrected chi connectivity index (χ2v) is 6.18. The Morgan fingerprint density at radius 3 is 2.79 bits per heavy atom. The first-order valence-corrected chi connectivity index (χ1v) is 7.25. The molecule has 2 aliphatic rings. The smallest absolute Gasteiger partial charge is 0.0992 e. The molecule has 19 heavy (non-hydrogen) atoms. The summed E-state index contributed by atoms with van der Waals surface area (Å²) >= 11 is 6.30. The van der Waals surface area contributed by atoms with Crippen LogP contribution in [0.3, 0.4) is 0 Å². The third-order valence-corrected chi connectivity index (χ3v) is 4.81. The Kier molecular flexibility index (Phi) is 3.38. The summed E-state index contributed by atoms with van der Waals surface area (Å²) in [5.74, 6) is 1.46. The van der Waals surface area contributed by atoms with Gasteiger partial charge in [-0.2, -0.15) is 5.26 Å². The van der Waals surface area contributed by atoms with E-state index in [1.807, 2.05) is 12.1 Å². The van der Waals surface area contributed by atoms with E-state index in [4.69, 9.17) is 22.6 Å². The van der Waals surface area contributed by atoms with Crippen molar-refractivity contribution in [1.82, 2.24) is 0 Å². The fraction of sp³-hybridized carbons (Fsp3) is 0.533. The molecule has 3 atom stereocenters. The quantitative estimate of drug-likeness (QED) is 0.857. The minimum Gasteiger partial charge on any atom is -0.370 e. The molecule has 2 fully saturated rings. The van der Waals surface area contributed by atoms with Gasteiger partial charge in [0.25, 0.3) is 0 Å². The van der Waals surface area contributed by atoms with Gasteiger partial charge >= 0.3 is 0 Å². The normalized spacial score (nSPS) is 29.9. The maximum atomic E-state index is 8.88. The van der Waals surface area contributed by atoms with Crippen LogP contribution in [0.1, 0.15) is 24.8 Å². The van der Waals surface area contributed by atoms with Gasteiger partial charge in [-0.25, -0.2) is 0 Å². The molecule has 4 heteroatoms. The molecule has 1 aromatic rings. The summed E-state index contributed by atoms with van der Waals surface area (Å²) in [5, 5.41) is 9.56. The van der Waals surface area contributed by atoms with E-state index in [-0.39, 0.29) is 0 Å². The fourth-order valence-electron chi connectivity index (χ4n) is 3.50. The molecule has 1 unspecified atom stereocenters. The number of nitrogens with two attached hydrogens (primary N) is 1. The molecule has 1 aromatic carbocycles. The van der Waals surface area contributed by atoms with Crippen LogP contribution in [0.4, 0.5) is 5.69 Å². The number of fused-ring (bicyclic) bond motifs is 1. The van der Waals surface area contributed by atoms with E-state index in [2.05, 4.69) is 11.0 Å². The number of benzene rings is 1. The van der Waals surface area contributed by atoms with Crippen LogP contribution in [-0.4, -0.2) is 19.1 Å². The van der Waals surface area contributed by atoms with E-state index < -0.39 is 0 Å². The predicted molar refractivity (Wildman–Crippen MR) is 77.2 cm³/mol. The van der Waals surface area contributed by atoms with Gasteiger partial charge in [-0.15, -0.1) is 0 Å². The van der Waals surface area contributed by atoms with Crippen molar-refractivity contribution in [2.45, 2.75) is 25.3 Å². The second-order valence-electron chi connectivity index (χ2n) is 5.78. The van der Waals surface area contributed by atoms with Crippen LogP contribution >= 0.6 is 11.6 Å². The van der Waals surface area contributed by atoms with Gasteiger partial charge in [-0.1, -0.05) is 11.6 Å². The Labute approximate surface area is 118 Å². The minimum atomic E-state index is 0.373. The van der Waals surface area contributed by atoms with E-state index in [1.54, 1.807) is 6.07 Å². The first-order chi connectivity index (χ1) is 9.17. The molecule has 0 radical (unpaired) electrons. The molecule has 1 saturated heterocycles. The molecule has 0 aromatic heterocycles. The maximum Gasteiger partial charge on any atom is 0.0992 e. The van der Waals surface area contributed by atoms with Gasteiger partial charge in [-0.05, 0) is 49.3 Å². The van der Waals surface area contributed by atoms with Crippen LogP contribution in [-0.2, 0) is 0 Å². The topological polar surface area (TPSA) is 53.0 Å². The molecule has 0 amide bonds. The largest absolute Gasteiger partial charge is 0.370 e. The number of halogens is 1. The van der Waals surface area contributed by atoms with Crippen LogP contribution in [0.5, 0.6) is 0 Å². The highest BCUT2D eigenvalue weighted by molar-refractivity contribution is 6.33. The zero-order valence-electron chi connectivity index (χ0n) is 10.8. The Hall–Kier alpha value is -1.24. The third-order valence-electron chi connectivity index (χ3n) is 4.51. The summed E-state index contributed by atoms with van der Waals surface area (Å²) in [6, 6.07) is 8.06. The molecule has 3 nitrogen and oxygen atoms in total. The van der Waals surface area contributed by atoms with Crippen molar-refractivity contribution in [2.24, 2.45) is 17.6 Å². The monoisotopic (exact) mass is 275 g/mol. The molecule has 1 saturated carbocycles. The molecule has 2 N–H and O–H groups in total. The Morgan fingerprint density at radius 1 is 1.26 bits per heavy atom. The van der Waals surface area contributed by atoms with Crippen molar-refractivity contribution in [2.75, 3.05) is 18.0 Å². The average Bonchev–Trinajstić information content (AvgIpc) is 2.81. The lowest BCUT2D eigenvalue weighted by Crippen LogP contribution is -2.32. The van der Waals surface area contributed by atoms with E-state index in [9.17, 15) is 0 Å². The minimum absolute atomic E-state index is 0.373. The third kappa shape index (κ3) is 2.43. The highest BCUT2D eigenvalue weighted by Gasteiger charge is 2.37. The Balaban J connectivity index is 1.79. The van der Waals surface area contributed by atoms with Gasteiger partial charge in [0.15, 0.2) is 0 Å². The van der Waals surface area contributed by atoms with Crippen molar-refractivity contribution in [3.8, 4) is 6.07 Å². The first kappa shape index (κ1) is 12.8. The van der Waals surface area contributed by atoms with Crippen LogP contribution in [0.25, 0.3) is 0 Å². The SMILES string of the molecule is N#Cc1ccc(N2C[C@H]3CCC(N)C[C@H]3C2)c(Cl)c1. The standard InChI is InChI=1S/C15H18ClN3/c16-14-5-10(7-17)1-4-15(14)19-8-11-2-3-13(18)6-12(11)9-19/h1,4-5,11-13H,2-3,6,8-9,18H2/t11-,12+,13?/m1/s1. The highest BCUT2D eigenvalue weighted by Crippen LogP contribution is 2.39. The highest BCUT2D eigenvalue weighted by atomic mass is 35.5. The van der Waals surface area contributed by atoms with Crippen molar-refractivity contribution in [1.29, 1.82) is 5.26 Å². The zero-order chi connectivity index (χ0) is 13.4. The Bertz CT molecular complexity index is 523. The maximum absolute atomic E-state index is 8.88. The van der Waals surface area contributed by atoms with Crippen molar-refractivity contribution < 1.29 is 0 Å². The molecule has 100 valence electrons. The number of anilines is 1. The number of nitrogens with zero attached hydrogens (tertiary/aromatic N) is 2. The second kappa shape index (κ2) is 5.03. The summed E-state index contributed by atoms with van der Waals surface area (Å²) in [6.07, 6.45) is 3.52. The van der Waals surface area contributed by atoms with E-state index >= 15 is 0 Å². The van der Waals surface area contributed by atoms with Crippen LogP contribution in [0.2, 0.25) is 5.02 Å². The number of rotatable bonds is 1. The van der Waals surface area contributed by atoms with Gasteiger partial charge in [0.2, 0.25) is 0 Å². The van der Waals surface area contributed by atoms with Crippen molar-refractivity contribution >= 4 is 17.3 Å². The average molecular weight is 276 g/mol. The molecule has 1 aliphatic heterocycles. The molecular formula is C15H18ClN3. The first-order valence-electron chi connectivity index (χ1n) is 6.87. The lowest BCUT2D eigenvalue weighted by atomic mass is 9.79. The van der Waals surface area contributed by atoms with Gasteiger partial charge in [0.1, 0.15) is 0 Å². The number of hydrogen-bond donors (Lipinski definition) is 1. The summed E-state index contributed by atoms with van der Waals surface area (Å²) in [6.45, 7) is 2.12. The van der Waals surface area contributed by atoms with Crippen LogP contribution < -0.4 is 10.6 Å². The van der Waals surface area contributed by atoms with Crippen molar-refractivity contribution in [3.05, 3.63) is 28.8 Å². The van der Waals surface area contributed by atoms with Crippen molar-refractivity contribution in [3.63, 3.8) is 0 Å². The summed E-state index contributed by atoms with van der Waals surface area (Å²) < 4.78 is 0. The van der Waals surface area contributed by atoms with Gasteiger partial charge in [0.05, 0.1) is 22.3 Å². The van der Waals surface area contributed by atoms with E-state index in [0.29, 0.717) is 22.5 Å².